The summed E-state index contributed by atoms with van der Waals surface area (Å²) >= 11 is 5.94. The van der Waals surface area contributed by atoms with Gasteiger partial charge >= 0.3 is 6.03 Å². The first-order valence-corrected chi connectivity index (χ1v) is 12.1. The molecule has 0 aromatic heterocycles. The minimum Gasteiger partial charge on any atom is -0.486 e. The van der Waals surface area contributed by atoms with Gasteiger partial charge in [0, 0.05) is 23.5 Å². The SMILES string of the molecule is CCCCCCCC(NC(=O)NCc1ccc(Cl)cc1)C(C)c1ccc2c(c1)OCCO2. The third-order valence-corrected chi connectivity index (χ3v) is 6.25. The summed E-state index contributed by atoms with van der Waals surface area (Å²) in [6.45, 7) is 6.00. The predicted octanol–water partition coefficient (Wildman–Crippen LogP) is 6.44. The second kappa shape index (κ2) is 12.6. The average molecular weight is 459 g/mol. The van der Waals surface area contributed by atoms with Gasteiger partial charge in [0.1, 0.15) is 13.2 Å². The highest BCUT2D eigenvalue weighted by Gasteiger charge is 2.23. The molecule has 32 heavy (non-hydrogen) atoms. The lowest BCUT2D eigenvalue weighted by Crippen LogP contribution is -2.44. The molecule has 0 bridgehead atoms. The van der Waals surface area contributed by atoms with E-state index in [1.165, 1.54) is 25.7 Å². The third-order valence-electron chi connectivity index (χ3n) is 6.00. The van der Waals surface area contributed by atoms with Gasteiger partial charge in [0.25, 0.3) is 0 Å². The Morgan fingerprint density at radius 1 is 1.00 bits per heavy atom. The second-order valence-electron chi connectivity index (χ2n) is 8.45. The number of rotatable bonds is 11. The van der Waals surface area contributed by atoms with Crippen molar-refractivity contribution in [2.24, 2.45) is 0 Å². The van der Waals surface area contributed by atoms with Crippen molar-refractivity contribution in [3.8, 4) is 11.5 Å². The van der Waals surface area contributed by atoms with E-state index in [1.54, 1.807) is 0 Å². The van der Waals surface area contributed by atoms with Crippen LogP contribution in [-0.2, 0) is 6.54 Å². The Kier molecular flexibility index (Phi) is 9.54. The summed E-state index contributed by atoms with van der Waals surface area (Å²) in [5.74, 6) is 1.73. The van der Waals surface area contributed by atoms with Crippen LogP contribution < -0.4 is 20.1 Å². The molecule has 6 heteroatoms. The zero-order chi connectivity index (χ0) is 22.8. The maximum absolute atomic E-state index is 12.7. The monoisotopic (exact) mass is 458 g/mol. The first-order valence-electron chi connectivity index (χ1n) is 11.7. The van der Waals surface area contributed by atoms with Crippen LogP contribution in [0.1, 0.15) is 69.4 Å². The van der Waals surface area contributed by atoms with E-state index in [1.807, 2.05) is 30.3 Å². The molecule has 5 nitrogen and oxygen atoms in total. The molecular weight excluding hydrogens is 424 g/mol. The fourth-order valence-corrected chi connectivity index (χ4v) is 4.12. The molecule has 2 amide bonds. The molecule has 1 aliphatic rings. The lowest BCUT2D eigenvalue weighted by molar-refractivity contribution is 0.171. The van der Waals surface area contributed by atoms with Gasteiger partial charge < -0.3 is 20.1 Å². The van der Waals surface area contributed by atoms with Crippen molar-refractivity contribution in [3.05, 3.63) is 58.6 Å². The Labute approximate surface area is 196 Å². The van der Waals surface area contributed by atoms with Gasteiger partial charge in [0.05, 0.1) is 0 Å². The molecule has 2 aromatic carbocycles. The lowest BCUT2D eigenvalue weighted by Gasteiger charge is -2.27. The van der Waals surface area contributed by atoms with Crippen molar-refractivity contribution >= 4 is 17.6 Å². The maximum Gasteiger partial charge on any atom is 0.315 e. The molecule has 0 spiro atoms. The highest BCUT2D eigenvalue weighted by Crippen LogP contribution is 2.34. The van der Waals surface area contributed by atoms with Gasteiger partial charge in [-0.2, -0.15) is 0 Å². The third kappa shape index (κ3) is 7.33. The number of fused-ring (bicyclic) bond motifs is 1. The Hall–Kier alpha value is -2.40. The van der Waals surface area contributed by atoms with Gasteiger partial charge in [-0.3, -0.25) is 0 Å². The minimum absolute atomic E-state index is 0.0319. The van der Waals surface area contributed by atoms with Crippen LogP contribution >= 0.6 is 11.6 Å². The highest BCUT2D eigenvalue weighted by atomic mass is 35.5. The number of nitrogens with one attached hydrogen (secondary N) is 2. The van der Waals surface area contributed by atoms with Crippen LogP contribution in [0.2, 0.25) is 5.02 Å². The smallest absolute Gasteiger partial charge is 0.315 e. The van der Waals surface area contributed by atoms with Gasteiger partial charge in [0.2, 0.25) is 0 Å². The number of ether oxygens (including phenoxy) is 2. The molecule has 2 unspecified atom stereocenters. The van der Waals surface area contributed by atoms with Crippen molar-refractivity contribution < 1.29 is 14.3 Å². The number of halogens is 1. The zero-order valence-corrected chi connectivity index (χ0v) is 19.9. The van der Waals surface area contributed by atoms with E-state index in [0.717, 1.165) is 35.5 Å². The molecule has 174 valence electrons. The van der Waals surface area contributed by atoms with Crippen LogP contribution in [0.5, 0.6) is 11.5 Å². The fourth-order valence-electron chi connectivity index (χ4n) is 3.99. The van der Waals surface area contributed by atoms with Gasteiger partial charge in [0.15, 0.2) is 11.5 Å². The topological polar surface area (TPSA) is 59.6 Å². The molecule has 2 atom stereocenters. The summed E-state index contributed by atoms with van der Waals surface area (Å²) in [6.07, 6.45) is 6.95. The van der Waals surface area contributed by atoms with Gasteiger partial charge in [-0.25, -0.2) is 4.79 Å². The van der Waals surface area contributed by atoms with Crippen LogP contribution in [0, 0.1) is 0 Å². The normalized spacial score (nSPS) is 14.5. The van der Waals surface area contributed by atoms with Crippen LogP contribution in [0.4, 0.5) is 4.79 Å². The van der Waals surface area contributed by atoms with Crippen LogP contribution in [0.15, 0.2) is 42.5 Å². The first-order chi connectivity index (χ1) is 15.6. The molecule has 0 aliphatic carbocycles. The largest absolute Gasteiger partial charge is 0.486 e. The van der Waals surface area contributed by atoms with E-state index in [2.05, 4.69) is 36.6 Å². The molecular formula is C26H35ClN2O3. The number of unbranched alkanes of at least 4 members (excludes halogenated alkanes) is 4. The van der Waals surface area contributed by atoms with Gasteiger partial charge in [-0.15, -0.1) is 0 Å². The number of urea groups is 1. The standard InChI is InChI=1S/C26H35ClN2O3/c1-3-4-5-6-7-8-23(29-26(30)28-18-20-9-12-22(27)13-10-20)19(2)21-11-14-24-25(17-21)32-16-15-31-24/h9-14,17,19,23H,3-8,15-16,18H2,1-2H3,(H2,28,29,30). The van der Waals surface area contributed by atoms with Crippen molar-refractivity contribution in [1.29, 1.82) is 0 Å². The number of carbonyl (C=O) groups is 1. The molecule has 0 fully saturated rings. The fraction of sp³-hybridized carbons (Fsp3) is 0.500. The molecule has 2 aromatic rings. The van der Waals surface area contributed by atoms with Crippen LogP contribution in [0.3, 0.4) is 0 Å². The minimum atomic E-state index is -0.150. The number of carbonyl (C=O) groups excluding carboxylic acids is 1. The van der Waals surface area contributed by atoms with Gasteiger partial charge in [-0.1, -0.05) is 75.8 Å². The molecule has 1 aliphatic heterocycles. The molecule has 2 N–H and O–H groups in total. The molecule has 3 rings (SSSR count). The molecule has 0 saturated heterocycles. The number of benzene rings is 2. The van der Waals surface area contributed by atoms with Crippen LogP contribution in [-0.4, -0.2) is 25.3 Å². The summed E-state index contributed by atoms with van der Waals surface area (Å²) in [6, 6.07) is 13.5. The van der Waals surface area contributed by atoms with E-state index < -0.39 is 0 Å². The molecule has 1 heterocycles. The number of hydrogen-bond acceptors (Lipinski definition) is 3. The summed E-state index contributed by atoms with van der Waals surface area (Å²) in [4.78, 5) is 12.7. The molecule has 0 radical (unpaired) electrons. The van der Waals surface area contributed by atoms with Crippen molar-refractivity contribution in [2.45, 2.75) is 70.9 Å². The first kappa shape index (κ1) is 24.2. The lowest BCUT2D eigenvalue weighted by atomic mass is 9.89. The predicted molar refractivity (Wildman–Crippen MR) is 130 cm³/mol. The number of amides is 2. The Balaban J connectivity index is 1.62. The summed E-state index contributed by atoms with van der Waals surface area (Å²) < 4.78 is 11.4. The Bertz CT molecular complexity index is 857. The zero-order valence-electron chi connectivity index (χ0n) is 19.2. The van der Waals surface area contributed by atoms with Crippen LogP contribution in [0.25, 0.3) is 0 Å². The summed E-state index contributed by atoms with van der Waals surface area (Å²) in [7, 11) is 0. The van der Waals surface area contributed by atoms with E-state index in [-0.39, 0.29) is 18.0 Å². The van der Waals surface area contributed by atoms with Crippen molar-refractivity contribution in [1.82, 2.24) is 10.6 Å². The number of hydrogen-bond donors (Lipinski definition) is 2. The van der Waals surface area contributed by atoms with Crippen molar-refractivity contribution in [2.75, 3.05) is 13.2 Å². The maximum atomic E-state index is 12.7. The van der Waals surface area contributed by atoms with Gasteiger partial charge in [-0.05, 0) is 41.8 Å². The Morgan fingerprint density at radius 2 is 1.72 bits per heavy atom. The van der Waals surface area contributed by atoms with E-state index in [0.29, 0.717) is 24.8 Å². The van der Waals surface area contributed by atoms with E-state index in [9.17, 15) is 4.79 Å². The molecule has 0 saturated carbocycles. The highest BCUT2D eigenvalue weighted by molar-refractivity contribution is 6.30. The quantitative estimate of drug-likeness (QED) is 0.381. The van der Waals surface area contributed by atoms with E-state index in [4.69, 9.17) is 21.1 Å². The second-order valence-corrected chi connectivity index (χ2v) is 8.89. The Morgan fingerprint density at radius 3 is 2.47 bits per heavy atom. The summed E-state index contributed by atoms with van der Waals surface area (Å²) in [5, 5.41) is 6.89. The average Bonchev–Trinajstić information content (AvgIpc) is 2.82. The van der Waals surface area contributed by atoms with E-state index >= 15 is 0 Å². The van der Waals surface area contributed by atoms with Crippen molar-refractivity contribution in [3.63, 3.8) is 0 Å². The summed E-state index contributed by atoms with van der Waals surface area (Å²) in [5.41, 5.74) is 2.16.